The number of benzene rings is 1. The second-order valence-electron chi connectivity index (χ2n) is 4.42. The quantitative estimate of drug-likeness (QED) is 0.865. The number of likely N-dealkylation sites (tertiary alicyclic amines) is 1. The zero-order valence-corrected chi connectivity index (χ0v) is 10.1. The van der Waals surface area contributed by atoms with Crippen molar-refractivity contribution in [3.05, 3.63) is 29.6 Å². The van der Waals surface area contributed by atoms with Gasteiger partial charge in [0.25, 0.3) is 0 Å². The maximum Gasteiger partial charge on any atom is 0.224 e. The Kier molecular flexibility index (Phi) is 3.47. The molecule has 1 saturated heterocycles. The first-order valence-electron chi connectivity index (χ1n) is 5.81. The summed E-state index contributed by atoms with van der Waals surface area (Å²) in [6, 6.07) is 6.26. The van der Waals surface area contributed by atoms with Crippen LogP contribution in [0, 0.1) is 17.1 Å². The van der Waals surface area contributed by atoms with Gasteiger partial charge in [0.1, 0.15) is 17.4 Å². The topological polar surface area (TPSA) is 56.1 Å². The molecule has 0 spiro atoms. The van der Waals surface area contributed by atoms with Gasteiger partial charge >= 0.3 is 0 Å². The smallest absolute Gasteiger partial charge is 0.224 e. The molecule has 1 atom stereocenters. The van der Waals surface area contributed by atoms with Crippen LogP contribution in [0.1, 0.15) is 18.4 Å². The van der Waals surface area contributed by atoms with E-state index in [0.717, 1.165) is 6.42 Å². The van der Waals surface area contributed by atoms with Crippen molar-refractivity contribution >= 4 is 11.6 Å². The minimum absolute atomic E-state index is 0.00359. The number of nitrogens with zero attached hydrogens (tertiary/aromatic N) is 2. The summed E-state index contributed by atoms with van der Waals surface area (Å²) < 4.78 is 13.4. The zero-order chi connectivity index (χ0) is 13.1. The molecule has 0 radical (unpaired) electrons. The molecular weight excluding hydrogens is 233 g/mol. The zero-order valence-electron chi connectivity index (χ0n) is 10.1. The molecule has 1 heterocycles. The molecule has 18 heavy (non-hydrogen) atoms. The summed E-state index contributed by atoms with van der Waals surface area (Å²) in [4.78, 5) is 13.2. The molecule has 1 aliphatic heterocycles. The van der Waals surface area contributed by atoms with Crippen molar-refractivity contribution in [2.45, 2.75) is 18.9 Å². The van der Waals surface area contributed by atoms with Crippen LogP contribution in [0.25, 0.3) is 0 Å². The Bertz CT molecular complexity index is 509. The van der Waals surface area contributed by atoms with Gasteiger partial charge in [-0.05, 0) is 18.6 Å². The number of amides is 1. The predicted octanol–water partition coefficient (Wildman–Crippen LogP) is 1.73. The maximum atomic E-state index is 13.4. The highest BCUT2D eigenvalue weighted by Crippen LogP contribution is 2.21. The first-order valence-corrected chi connectivity index (χ1v) is 5.81. The first kappa shape index (κ1) is 12.4. The predicted molar refractivity (Wildman–Crippen MR) is 65.4 cm³/mol. The van der Waals surface area contributed by atoms with E-state index in [4.69, 9.17) is 5.26 Å². The number of halogens is 1. The molecule has 0 saturated carbocycles. The number of piperidine rings is 1. The van der Waals surface area contributed by atoms with Gasteiger partial charge in [-0.25, -0.2) is 4.39 Å². The highest BCUT2D eigenvalue weighted by Gasteiger charge is 2.23. The SMILES string of the molecule is CN1CCC(Nc2cccc(F)c2C#N)CC1=O. The number of nitriles is 1. The molecule has 0 aliphatic carbocycles. The van der Waals surface area contributed by atoms with Crippen LogP contribution in [-0.2, 0) is 4.79 Å². The number of carbonyl (C=O) groups is 1. The minimum atomic E-state index is -0.540. The summed E-state index contributed by atoms with van der Waals surface area (Å²) in [5.74, 6) is -0.476. The molecule has 1 aromatic rings. The van der Waals surface area contributed by atoms with Gasteiger partial charge in [0.05, 0.1) is 5.69 Å². The molecule has 94 valence electrons. The van der Waals surface area contributed by atoms with Gasteiger partial charge in [0.15, 0.2) is 0 Å². The number of anilines is 1. The van der Waals surface area contributed by atoms with Gasteiger partial charge in [-0.1, -0.05) is 6.07 Å². The van der Waals surface area contributed by atoms with Crippen LogP contribution < -0.4 is 5.32 Å². The number of rotatable bonds is 2. The van der Waals surface area contributed by atoms with Gasteiger partial charge in [-0.2, -0.15) is 5.26 Å². The summed E-state index contributed by atoms with van der Waals surface area (Å²) in [6.07, 6.45) is 1.17. The highest BCUT2D eigenvalue weighted by molar-refractivity contribution is 5.78. The largest absolute Gasteiger partial charge is 0.381 e. The van der Waals surface area contributed by atoms with Crippen molar-refractivity contribution in [1.29, 1.82) is 5.26 Å². The minimum Gasteiger partial charge on any atom is -0.381 e. The van der Waals surface area contributed by atoms with E-state index in [0.29, 0.717) is 18.7 Å². The third kappa shape index (κ3) is 2.43. The average Bonchev–Trinajstić information content (AvgIpc) is 2.34. The number of hydrogen-bond acceptors (Lipinski definition) is 3. The van der Waals surface area contributed by atoms with Crippen LogP contribution in [-0.4, -0.2) is 30.4 Å². The Labute approximate surface area is 105 Å². The number of nitrogens with one attached hydrogen (secondary N) is 1. The van der Waals surface area contributed by atoms with Gasteiger partial charge in [0.2, 0.25) is 5.91 Å². The summed E-state index contributed by atoms with van der Waals surface area (Å²) in [5.41, 5.74) is 0.462. The second kappa shape index (κ2) is 5.05. The monoisotopic (exact) mass is 247 g/mol. The Morgan fingerprint density at radius 1 is 1.56 bits per heavy atom. The van der Waals surface area contributed by atoms with Crippen LogP contribution in [0.4, 0.5) is 10.1 Å². The van der Waals surface area contributed by atoms with E-state index in [1.54, 1.807) is 24.1 Å². The van der Waals surface area contributed by atoms with Gasteiger partial charge in [-0.3, -0.25) is 4.79 Å². The van der Waals surface area contributed by atoms with Crippen molar-refractivity contribution in [3.8, 4) is 6.07 Å². The molecule has 1 amide bonds. The Morgan fingerprint density at radius 3 is 3.00 bits per heavy atom. The van der Waals surface area contributed by atoms with E-state index in [1.165, 1.54) is 6.07 Å². The van der Waals surface area contributed by atoms with Crippen LogP contribution in [0.2, 0.25) is 0 Å². The van der Waals surface area contributed by atoms with Crippen molar-refractivity contribution in [3.63, 3.8) is 0 Å². The average molecular weight is 247 g/mol. The second-order valence-corrected chi connectivity index (χ2v) is 4.42. The van der Waals surface area contributed by atoms with Gasteiger partial charge in [-0.15, -0.1) is 0 Å². The highest BCUT2D eigenvalue weighted by atomic mass is 19.1. The van der Waals surface area contributed by atoms with E-state index < -0.39 is 5.82 Å². The molecule has 1 aromatic carbocycles. The maximum absolute atomic E-state index is 13.4. The molecular formula is C13H14FN3O. The fourth-order valence-electron chi connectivity index (χ4n) is 2.04. The lowest BCUT2D eigenvalue weighted by Crippen LogP contribution is -2.41. The van der Waals surface area contributed by atoms with Crippen LogP contribution in [0.15, 0.2) is 18.2 Å². The van der Waals surface area contributed by atoms with Crippen molar-refractivity contribution < 1.29 is 9.18 Å². The van der Waals surface area contributed by atoms with Crippen LogP contribution in [0.3, 0.4) is 0 Å². The molecule has 5 heteroatoms. The Balaban J connectivity index is 2.13. The molecule has 0 aromatic heterocycles. The molecule has 1 aliphatic rings. The summed E-state index contributed by atoms with van der Waals surface area (Å²) in [5, 5.41) is 12.0. The van der Waals surface area contributed by atoms with E-state index in [-0.39, 0.29) is 17.5 Å². The van der Waals surface area contributed by atoms with E-state index in [1.807, 2.05) is 6.07 Å². The standard InChI is InChI=1S/C13H14FN3O/c1-17-6-5-9(7-13(17)18)16-12-4-2-3-11(14)10(12)8-15/h2-4,9,16H,5-7H2,1H3. The third-order valence-corrected chi connectivity index (χ3v) is 3.14. The van der Waals surface area contributed by atoms with E-state index in [9.17, 15) is 9.18 Å². The lowest BCUT2D eigenvalue weighted by molar-refractivity contribution is -0.132. The fourth-order valence-corrected chi connectivity index (χ4v) is 2.04. The molecule has 2 rings (SSSR count). The van der Waals surface area contributed by atoms with Crippen LogP contribution >= 0.6 is 0 Å². The molecule has 1 unspecified atom stereocenters. The van der Waals surface area contributed by atoms with Gasteiger partial charge < -0.3 is 10.2 Å². The lowest BCUT2D eigenvalue weighted by Gasteiger charge is -2.30. The van der Waals surface area contributed by atoms with Crippen molar-refractivity contribution in [2.24, 2.45) is 0 Å². The van der Waals surface area contributed by atoms with Crippen molar-refractivity contribution in [2.75, 3.05) is 18.9 Å². The lowest BCUT2D eigenvalue weighted by atomic mass is 10.0. The summed E-state index contributed by atoms with van der Waals surface area (Å²) >= 11 is 0. The van der Waals surface area contributed by atoms with E-state index in [2.05, 4.69) is 5.32 Å². The van der Waals surface area contributed by atoms with Gasteiger partial charge in [0, 0.05) is 26.1 Å². The van der Waals surface area contributed by atoms with Crippen molar-refractivity contribution in [1.82, 2.24) is 4.90 Å². The number of carbonyl (C=O) groups excluding carboxylic acids is 1. The third-order valence-electron chi connectivity index (χ3n) is 3.14. The Morgan fingerprint density at radius 2 is 2.33 bits per heavy atom. The summed E-state index contributed by atoms with van der Waals surface area (Å²) in [7, 11) is 1.77. The van der Waals surface area contributed by atoms with Crippen LogP contribution in [0.5, 0.6) is 0 Å². The first-order chi connectivity index (χ1) is 8.61. The molecule has 4 nitrogen and oxygen atoms in total. The summed E-state index contributed by atoms with van der Waals surface area (Å²) in [6.45, 7) is 0.674. The molecule has 0 bridgehead atoms. The fraction of sp³-hybridized carbons (Fsp3) is 0.385. The molecule has 1 N–H and O–H groups in total. The Hall–Kier alpha value is -2.09. The molecule has 1 fully saturated rings. The normalized spacial score (nSPS) is 19.5. The number of hydrogen-bond donors (Lipinski definition) is 1. The van der Waals surface area contributed by atoms with E-state index >= 15 is 0 Å².